The molecule has 0 spiro atoms. The van der Waals surface area contributed by atoms with Crippen molar-refractivity contribution in [1.29, 1.82) is 0 Å². The van der Waals surface area contributed by atoms with E-state index in [1.807, 2.05) is 6.92 Å². The molecule has 2 N–H and O–H groups in total. The Hall–Kier alpha value is -1.85. The lowest BCUT2D eigenvalue weighted by Crippen LogP contribution is -2.09. The number of ether oxygens (including phenoxy) is 1. The second-order valence-electron chi connectivity index (χ2n) is 4.84. The molecule has 0 aromatic carbocycles. The van der Waals surface area contributed by atoms with Crippen molar-refractivity contribution in [2.45, 2.75) is 39.5 Å². The first-order chi connectivity index (χ1) is 9.61. The lowest BCUT2D eigenvalue weighted by molar-refractivity contribution is -0.137. The van der Waals surface area contributed by atoms with Crippen LogP contribution in [0.5, 0.6) is 5.88 Å². The van der Waals surface area contributed by atoms with Crippen LogP contribution in [0.1, 0.15) is 39.5 Å². The molecule has 1 aromatic heterocycles. The van der Waals surface area contributed by atoms with E-state index in [2.05, 4.69) is 22.2 Å². The third-order valence-electron chi connectivity index (χ3n) is 2.89. The molecule has 0 bridgehead atoms. The molecule has 0 aliphatic carbocycles. The number of rotatable bonds is 10. The van der Waals surface area contributed by atoms with Gasteiger partial charge in [-0.2, -0.15) is 0 Å². The number of aromatic nitrogens is 2. The molecule has 0 radical (unpaired) electrons. The number of nitrogens with one attached hydrogen (secondary N) is 1. The van der Waals surface area contributed by atoms with Gasteiger partial charge in [-0.15, -0.1) is 0 Å². The Morgan fingerprint density at radius 3 is 2.95 bits per heavy atom. The number of hydrogen-bond donors (Lipinski definition) is 2. The number of aliphatic carboxylic acids is 1. The quantitative estimate of drug-likeness (QED) is 0.685. The highest BCUT2D eigenvalue weighted by Crippen LogP contribution is 2.13. The van der Waals surface area contributed by atoms with E-state index in [4.69, 9.17) is 9.84 Å². The van der Waals surface area contributed by atoms with Crippen LogP contribution >= 0.6 is 0 Å². The number of carboxylic acid groups (broad SMARTS) is 1. The summed E-state index contributed by atoms with van der Waals surface area (Å²) < 4.78 is 5.43. The first-order valence-corrected chi connectivity index (χ1v) is 7.02. The summed E-state index contributed by atoms with van der Waals surface area (Å²) in [7, 11) is 0. The minimum atomic E-state index is -0.738. The number of carbonyl (C=O) groups is 1. The van der Waals surface area contributed by atoms with Crippen molar-refractivity contribution in [3.05, 3.63) is 12.4 Å². The molecule has 1 unspecified atom stereocenters. The summed E-state index contributed by atoms with van der Waals surface area (Å²) in [6, 6.07) is 1.78. The van der Waals surface area contributed by atoms with E-state index in [-0.39, 0.29) is 6.42 Å². The van der Waals surface area contributed by atoms with E-state index < -0.39 is 5.97 Å². The highest BCUT2D eigenvalue weighted by Gasteiger charge is 2.06. The fourth-order valence-electron chi connectivity index (χ4n) is 1.68. The maximum Gasteiger partial charge on any atom is 0.303 e. The predicted octanol–water partition coefficient (Wildman–Crippen LogP) is 2.57. The van der Waals surface area contributed by atoms with Crippen LogP contribution in [0.2, 0.25) is 0 Å². The van der Waals surface area contributed by atoms with Crippen LogP contribution in [-0.4, -0.2) is 34.2 Å². The van der Waals surface area contributed by atoms with Crippen LogP contribution < -0.4 is 10.1 Å². The molecule has 112 valence electrons. The van der Waals surface area contributed by atoms with E-state index in [0.29, 0.717) is 24.8 Å². The standard InChI is InChI=1S/C14H23N3O3/c1-3-8-20-13-9-12(16-10-17-13)15-7-6-11(2)4-5-14(18)19/h9-11H,3-8H2,1-2H3,(H,18,19)(H,15,16,17). The fourth-order valence-corrected chi connectivity index (χ4v) is 1.68. The van der Waals surface area contributed by atoms with Crippen LogP contribution in [0, 0.1) is 5.92 Å². The van der Waals surface area contributed by atoms with E-state index in [1.54, 1.807) is 6.07 Å². The summed E-state index contributed by atoms with van der Waals surface area (Å²) in [6.45, 7) is 5.49. The zero-order chi connectivity index (χ0) is 14.8. The summed E-state index contributed by atoms with van der Waals surface area (Å²) in [5, 5.41) is 11.8. The Balaban J connectivity index is 2.28. The van der Waals surface area contributed by atoms with Gasteiger partial charge in [-0.3, -0.25) is 4.79 Å². The zero-order valence-corrected chi connectivity index (χ0v) is 12.1. The lowest BCUT2D eigenvalue weighted by atomic mass is 10.0. The van der Waals surface area contributed by atoms with Gasteiger partial charge in [0.25, 0.3) is 0 Å². The molecule has 0 aliphatic rings. The molecule has 0 saturated carbocycles. The van der Waals surface area contributed by atoms with Crippen molar-refractivity contribution in [3.63, 3.8) is 0 Å². The molecule has 6 nitrogen and oxygen atoms in total. The Morgan fingerprint density at radius 1 is 1.45 bits per heavy atom. The van der Waals surface area contributed by atoms with Gasteiger partial charge in [0.1, 0.15) is 12.1 Å². The van der Waals surface area contributed by atoms with E-state index in [1.165, 1.54) is 6.33 Å². The normalized spacial score (nSPS) is 11.9. The van der Waals surface area contributed by atoms with Crippen LogP contribution in [0.3, 0.4) is 0 Å². The summed E-state index contributed by atoms with van der Waals surface area (Å²) in [6.07, 6.45) is 4.24. The van der Waals surface area contributed by atoms with Gasteiger partial charge in [0, 0.05) is 19.0 Å². The van der Waals surface area contributed by atoms with Gasteiger partial charge >= 0.3 is 5.97 Å². The van der Waals surface area contributed by atoms with Gasteiger partial charge < -0.3 is 15.2 Å². The summed E-state index contributed by atoms with van der Waals surface area (Å²) in [5.74, 6) is 0.939. The minimum Gasteiger partial charge on any atom is -0.481 e. The molecule has 0 fully saturated rings. The third-order valence-corrected chi connectivity index (χ3v) is 2.89. The first kappa shape index (κ1) is 16.2. The lowest BCUT2D eigenvalue weighted by Gasteiger charge is -2.11. The molecular formula is C14H23N3O3. The van der Waals surface area contributed by atoms with Crippen LogP contribution in [0.15, 0.2) is 12.4 Å². The van der Waals surface area contributed by atoms with Crippen molar-refractivity contribution in [2.75, 3.05) is 18.5 Å². The predicted molar refractivity (Wildman–Crippen MR) is 77.0 cm³/mol. The van der Waals surface area contributed by atoms with Crippen LogP contribution in [0.4, 0.5) is 5.82 Å². The van der Waals surface area contributed by atoms with Gasteiger partial charge in [0.15, 0.2) is 0 Å². The largest absolute Gasteiger partial charge is 0.481 e. The maximum atomic E-state index is 10.5. The molecular weight excluding hydrogens is 258 g/mol. The van der Waals surface area contributed by atoms with E-state index in [9.17, 15) is 4.79 Å². The molecule has 6 heteroatoms. The first-order valence-electron chi connectivity index (χ1n) is 7.02. The molecule has 0 amide bonds. The highest BCUT2D eigenvalue weighted by molar-refractivity contribution is 5.66. The van der Waals surface area contributed by atoms with Gasteiger partial charge in [-0.05, 0) is 25.2 Å². The van der Waals surface area contributed by atoms with Crippen molar-refractivity contribution in [1.82, 2.24) is 9.97 Å². The van der Waals surface area contributed by atoms with Gasteiger partial charge in [0.05, 0.1) is 6.61 Å². The van der Waals surface area contributed by atoms with Crippen molar-refractivity contribution >= 4 is 11.8 Å². The molecule has 0 saturated heterocycles. The Morgan fingerprint density at radius 2 is 2.25 bits per heavy atom. The second-order valence-corrected chi connectivity index (χ2v) is 4.84. The molecule has 1 rings (SSSR count). The van der Waals surface area contributed by atoms with Gasteiger partial charge in [-0.25, -0.2) is 9.97 Å². The Bertz CT molecular complexity index is 412. The Labute approximate surface area is 119 Å². The van der Waals surface area contributed by atoms with Crippen LogP contribution in [0.25, 0.3) is 0 Å². The molecule has 0 aliphatic heterocycles. The van der Waals surface area contributed by atoms with Crippen molar-refractivity contribution in [3.8, 4) is 5.88 Å². The number of carboxylic acids is 1. The number of hydrogen-bond acceptors (Lipinski definition) is 5. The monoisotopic (exact) mass is 281 g/mol. The maximum absolute atomic E-state index is 10.5. The van der Waals surface area contributed by atoms with Gasteiger partial charge in [-0.1, -0.05) is 13.8 Å². The molecule has 20 heavy (non-hydrogen) atoms. The molecule has 1 atom stereocenters. The van der Waals surface area contributed by atoms with E-state index in [0.717, 1.165) is 25.2 Å². The summed E-state index contributed by atoms with van der Waals surface area (Å²) >= 11 is 0. The summed E-state index contributed by atoms with van der Waals surface area (Å²) in [5.41, 5.74) is 0. The second kappa shape index (κ2) is 9.12. The average molecular weight is 281 g/mol. The van der Waals surface area contributed by atoms with E-state index >= 15 is 0 Å². The smallest absolute Gasteiger partial charge is 0.303 e. The third kappa shape index (κ3) is 6.92. The molecule has 1 aromatic rings. The minimum absolute atomic E-state index is 0.226. The van der Waals surface area contributed by atoms with Crippen molar-refractivity contribution in [2.24, 2.45) is 5.92 Å². The molecule has 1 heterocycles. The average Bonchev–Trinajstić information content (AvgIpc) is 2.43. The SMILES string of the molecule is CCCOc1cc(NCCC(C)CCC(=O)O)ncn1. The van der Waals surface area contributed by atoms with Crippen molar-refractivity contribution < 1.29 is 14.6 Å². The Kier molecular flexibility index (Phi) is 7.39. The van der Waals surface area contributed by atoms with Crippen LogP contribution in [-0.2, 0) is 4.79 Å². The topological polar surface area (TPSA) is 84.3 Å². The highest BCUT2D eigenvalue weighted by atomic mass is 16.5. The zero-order valence-electron chi connectivity index (χ0n) is 12.1. The number of nitrogens with zero attached hydrogens (tertiary/aromatic N) is 2. The van der Waals surface area contributed by atoms with Gasteiger partial charge in [0.2, 0.25) is 5.88 Å². The fraction of sp³-hybridized carbons (Fsp3) is 0.643. The summed E-state index contributed by atoms with van der Waals surface area (Å²) in [4.78, 5) is 18.6. The number of anilines is 1.